The minimum Gasteiger partial charge on any atom is -0.492 e. The van der Waals surface area contributed by atoms with Crippen molar-refractivity contribution in [1.82, 2.24) is 9.13 Å². The second-order valence-electron chi connectivity index (χ2n) is 5.84. The van der Waals surface area contributed by atoms with E-state index < -0.39 is 5.69 Å². The van der Waals surface area contributed by atoms with Crippen LogP contribution in [0.2, 0.25) is 0 Å². The van der Waals surface area contributed by atoms with Gasteiger partial charge < -0.3 is 9.15 Å². The maximum atomic E-state index is 13.0. The molecule has 0 spiro atoms. The Balaban J connectivity index is 1.65. The van der Waals surface area contributed by atoms with E-state index in [2.05, 4.69) is 0 Å². The van der Waals surface area contributed by atoms with Gasteiger partial charge in [0, 0.05) is 0 Å². The lowest BCUT2D eigenvalue weighted by molar-refractivity contribution is 0.295. The third-order valence-corrected chi connectivity index (χ3v) is 5.02. The number of hydrogen-bond acceptors (Lipinski definition) is 5. The Labute approximate surface area is 156 Å². The van der Waals surface area contributed by atoms with Crippen LogP contribution in [0.4, 0.5) is 4.39 Å². The first kappa shape index (κ1) is 17.3. The van der Waals surface area contributed by atoms with E-state index in [4.69, 9.17) is 9.15 Å². The molecular formula is C19H15FN2O4S. The van der Waals surface area contributed by atoms with Gasteiger partial charge in [-0.25, -0.2) is 9.18 Å². The van der Waals surface area contributed by atoms with Crippen LogP contribution in [0.5, 0.6) is 5.75 Å². The Morgan fingerprint density at radius 3 is 2.63 bits per heavy atom. The smallest absolute Gasteiger partial charge is 0.332 e. The van der Waals surface area contributed by atoms with E-state index in [1.807, 2.05) is 0 Å². The molecule has 0 aliphatic carbocycles. The van der Waals surface area contributed by atoms with Gasteiger partial charge in [-0.1, -0.05) is 0 Å². The van der Waals surface area contributed by atoms with E-state index in [9.17, 15) is 14.0 Å². The Morgan fingerprint density at radius 1 is 1.07 bits per heavy atom. The maximum Gasteiger partial charge on any atom is 0.332 e. The lowest BCUT2D eigenvalue weighted by Crippen LogP contribution is -2.40. The second-order valence-corrected chi connectivity index (χ2v) is 6.76. The summed E-state index contributed by atoms with van der Waals surface area (Å²) in [6.07, 6.45) is 1.50. The Bertz CT molecular complexity index is 1170. The zero-order valence-corrected chi connectivity index (χ0v) is 14.9. The van der Waals surface area contributed by atoms with Gasteiger partial charge >= 0.3 is 5.69 Å². The average Bonchev–Trinajstić information content (AvgIpc) is 3.35. The van der Waals surface area contributed by atoms with Crippen LogP contribution in [0.1, 0.15) is 5.76 Å². The van der Waals surface area contributed by atoms with Crippen LogP contribution in [0.25, 0.3) is 10.2 Å². The molecule has 0 bridgehead atoms. The van der Waals surface area contributed by atoms with Crippen molar-refractivity contribution >= 4 is 21.6 Å². The molecular weight excluding hydrogens is 371 g/mol. The molecule has 4 rings (SSSR count). The molecule has 1 aromatic carbocycles. The van der Waals surface area contributed by atoms with Crippen molar-refractivity contribution in [3.8, 4) is 5.75 Å². The molecule has 3 aromatic heterocycles. The fourth-order valence-electron chi connectivity index (χ4n) is 2.83. The van der Waals surface area contributed by atoms with Crippen molar-refractivity contribution in [2.75, 3.05) is 6.61 Å². The third-order valence-electron chi connectivity index (χ3n) is 4.13. The molecule has 3 heterocycles. The van der Waals surface area contributed by atoms with Crippen LogP contribution in [-0.4, -0.2) is 15.7 Å². The van der Waals surface area contributed by atoms with Crippen LogP contribution < -0.4 is 16.0 Å². The summed E-state index contributed by atoms with van der Waals surface area (Å²) in [5, 5.41) is 1.78. The summed E-state index contributed by atoms with van der Waals surface area (Å²) in [6, 6.07) is 10.8. The van der Waals surface area contributed by atoms with Crippen LogP contribution in [0.3, 0.4) is 0 Å². The number of ether oxygens (including phenoxy) is 1. The number of fused-ring (bicyclic) bond motifs is 1. The molecule has 8 heteroatoms. The van der Waals surface area contributed by atoms with Crippen molar-refractivity contribution in [2.24, 2.45) is 0 Å². The van der Waals surface area contributed by atoms with E-state index in [1.54, 1.807) is 23.6 Å². The zero-order valence-electron chi connectivity index (χ0n) is 14.1. The minimum absolute atomic E-state index is 0.0668. The molecule has 0 aliphatic rings. The van der Waals surface area contributed by atoms with Crippen molar-refractivity contribution in [1.29, 1.82) is 0 Å². The Hall–Kier alpha value is -3.13. The first-order valence-electron chi connectivity index (χ1n) is 8.25. The largest absolute Gasteiger partial charge is 0.492 e. The SMILES string of the molecule is O=c1c2sccc2n(CCOc2ccc(F)cc2)c(=O)n1Cc1ccco1. The highest BCUT2D eigenvalue weighted by atomic mass is 32.1. The van der Waals surface area contributed by atoms with Crippen molar-refractivity contribution in [3.05, 3.63) is 86.5 Å². The number of halogens is 1. The molecule has 0 unspecified atom stereocenters. The summed E-state index contributed by atoms with van der Waals surface area (Å²) in [5.74, 6) is 0.692. The lowest BCUT2D eigenvalue weighted by atomic mass is 10.3. The third kappa shape index (κ3) is 3.43. The highest BCUT2D eigenvalue weighted by Crippen LogP contribution is 2.16. The number of nitrogens with zero attached hydrogens (tertiary/aromatic N) is 2. The molecule has 27 heavy (non-hydrogen) atoms. The zero-order chi connectivity index (χ0) is 18.8. The molecule has 0 amide bonds. The molecule has 0 aliphatic heterocycles. The fourth-order valence-corrected chi connectivity index (χ4v) is 3.68. The topological polar surface area (TPSA) is 66.4 Å². The predicted molar refractivity (Wildman–Crippen MR) is 100 cm³/mol. The molecule has 0 fully saturated rings. The van der Waals surface area contributed by atoms with Crippen LogP contribution in [0, 0.1) is 5.82 Å². The van der Waals surface area contributed by atoms with Gasteiger partial charge in [0.15, 0.2) is 0 Å². The van der Waals surface area contributed by atoms with E-state index in [0.717, 1.165) is 4.57 Å². The quantitative estimate of drug-likeness (QED) is 0.511. The second kappa shape index (κ2) is 7.24. The van der Waals surface area contributed by atoms with Gasteiger partial charge in [-0.05, 0) is 47.8 Å². The van der Waals surface area contributed by atoms with Gasteiger partial charge in [-0.15, -0.1) is 11.3 Å². The number of thiophene rings is 1. The molecule has 0 radical (unpaired) electrons. The molecule has 6 nitrogen and oxygen atoms in total. The highest BCUT2D eigenvalue weighted by Gasteiger charge is 2.15. The molecule has 0 N–H and O–H groups in total. The summed E-state index contributed by atoms with van der Waals surface area (Å²) in [5.41, 5.74) is -0.185. The highest BCUT2D eigenvalue weighted by molar-refractivity contribution is 7.17. The first-order chi connectivity index (χ1) is 13.1. The predicted octanol–water partition coefficient (Wildman–Crippen LogP) is 3.08. The van der Waals surface area contributed by atoms with Crippen molar-refractivity contribution < 1.29 is 13.5 Å². The fraction of sp³-hybridized carbons (Fsp3) is 0.158. The Morgan fingerprint density at radius 2 is 1.89 bits per heavy atom. The minimum atomic E-state index is -0.426. The maximum absolute atomic E-state index is 13.0. The number of aromatic nitrogens is 2. The molecule has 0 saturated carbocycles. The van der Waals surface area contributed by atoms with E-state index >= 15 is 0 Å². The van der Waals surface area contributed by atoms with Gasteiger partial charge in [-0.2, -0.15) is 0 Å². The number of hydrogen-bond donors (Lipinski definition) is 0. The lowest BCUT2D eigenvalue weighted by Gasteiger charge is -2.12. The van der Waals surface area contributed by atoms with E-state index in [1.165, 1.54) is 46.4 Å². The summed E-state index contributed by atoms with van der Waals surface area (Å²) in [4.78, 5) is 25.6. The van der Waals surface area contributed by atoms with Gasteiger partial charge in [0.2, 0.25) is 0 Å². The van der Waals surface area contributed by atoms with E-state index in [0.29, 0.717) is 21.7 Å². The van der Waals surface area contributed by atoms with Gasteiger partial charge in [-0.3, -0.25) is 13.9 Å². The summed E-state index contributed by atoms with van der Waals surface area (Å²) < 4.78 is 27.0. The monoisotopic (exact) mass is 386 g/mol. The van der Waals surface area contributed by atoms with Crippen molar-refractivity contribution in [3.63, 3.8) is 0 Å². The van der Waals surface area contributed by atoms with Gasteiger partial charge in [0.05, 0.1) is 24.9 Å². The number of rotatable bonds is 6. The molecule has 4 aromatic rings. The normalized spacial score (nSPS) is 11.1. The van der Waals surface area contributed by atoms with Crippen LogP contribution in [-0.2, 0) is 13.1 Å². The van der Waals surface area contributed by atoms with Gasteiger partial charge in [0.1, 0.15) is 28.6 Å². The van der Waals surface area contributed by atoms with Crippen LogP contribution in [0.15, 0.2) is 68.1 Å². The average molecular weight is 386 g/mol. The Kier molecular flexibility index (Phi) is 4.64. The summed E-state index contributed by atoms with van der Waals surface area (Å²) in [7, 11) is 0. The standard InChI is InChI=1S/C19H15FN2O4S/c20-13-3-5-14(6-4-13)26-10-8-21-16-7-11-27-17(16)18(23)22(19(21)24)12-15-2-1-9-25-15/h1-7,9,11H,8,10,12H2. The first-order valence-corrected chi connectivity index (χ1v) is 9.13. The number of benzene rings is 1. The summed E-state index contributed by atoms with van der Waals surface area (Å²) >= 11 is 1.29. The molecule has 0 atom stereocenters. The summed E-state index contributed by atoms with van der Waals surface area (Å²) in [6.45, 7) is 0.522. The number of furan rings is 1. The van der Waals surface area contributed by atoms with Gasteiger partial charge in [0.25, 0.3) is 5.56 Å². The van der Waals surface area contributed by atoms with E-state index in [-0.39, 0.29) is 31.1 Å². The molecule has 138 valence electrons. The molecule has 0 saturated heterocycles. The van der Waals surface area contributed by atoms with Crippen molar-refractivity contribution in [2.45, 2.75) is 13.1 Å². The van der Waals surface area contributed by atoms with Crippen LogP contribution >= 0.6 is 11.3 Å².